The first-order valence-corrected chi connectivity index (χ1v) is 5.95. The molecule has 2 aromatic rings. The molecule has 0 aliphatic rings. The number of fused-ring (bicyclic) bond motifs is 1. The number of aromatic amines is 1. The van der Waals surface area contributed by atoms with Crippen LogP contribution in [0.25, 0.3) is 11.0 Å². The van der Waals surface area contributed by atoms with Crippen LogP contribution in [0.2, 0.25) is 0 Å². The molecule has 0 amide bonds. The highest BCUT2D eigenvalue weighted by molar-refractivity contribution is 5.72. The van der Waals surface area contributed by atoms with Gasteiger partial charge >= 0.3 is 0 Å². The second-order valence-corrected chi connectivity index (χ2v) is 3.30. The zero-order valence-corrected chi connectivity index (χ0v) is 11.7. The maximum absolute atomic E-state index is 4.02. The van der Waals surface area contributed by atoms with Crippen molar-refractivity contribution in [2.75, 3.05) is 0 Å². The Kier molecular flexibility index (Phi) is 7.63. The quantitative estimate of drug-likeness (QED) is 0.743. The average molecular weight is 269 g/mol. The maximum atomic E-state index is 4.02. The van der Waals surface area contributed by atoms with E-state index in [1.54, 1.807) is 32.6 Å². The van der Waals surface area contributed by atoms with E-state index in [-0.39, 0.29) is 0 Å². The van der Waals surface area contributed by atoms with Crippen molar-refractivity contribution in [3.05, 3.63) is 24.8 Å². The van der Waals surface area contributed by atoms with E-state index in [4.69, 9.17) is 0 Å². The van der Waals surface area contributed by atoms with E-state index in [2.05, 4.69) is 74.2 Å². The first kappa shape index (κ1) is 15.5. The Balaban J connectivity index is 0.000000216. The summed E-state index contributed by atoms with van der Waals surface area (Å²) >= 11 is 0. The standard InChI is InChI=1S/C12H6.C6H5N3/c1-3-5-7-9-11-12-10-8-6-4-2;1-2-7-3-6-5(1)8-4-9-6/h1-2H3;1-4H,(H,8,9). The fraction of sp³-hybridized carbons (Fsp3) is 0.111. The molecule has 0 fully saturated rings. The van der Waals surface area contributed by atoms with Gasteiger partial charge in [0.25, 0.3) is 0 Å². The molecular weight excluding hydrogens is 258 g/mol. The summed E-state index contributed by atoms with van der Waals surface area (Å²) in [7, 11) is 0. The minimum atomic E-state index is 0.963. The molecule has 0 saturated heterocycles. The van der Waals surface area contributed by atoms with E-state index in [1.165, 1.54) is 0 Å². The Bertz CT molecular complexity index is 821. The Hall–Kier alpha value is -3.58. The zero-order valence-electron chi connectivity index (χ0n) is 11.7. The highest BCUT2D eigenvalue weighted by Gasteiger charge is 1.89. The first-order chi connectivity index (χ1) is 10.4. The molecule has 0 aromatic carbocycles. The van der Waals surface area contributed by atoms with Gasteiger partial charge in [-0.05, 0) is 67.3 Å². The molecule has 3 nitrogen and oxygen atoms in total. The first-order valence-electron chi connectivity index (χ1n) is 5.95. The van der Waals surface area contributed by atoms with Crippen molar-refractivity contribution >= 4 is 11.0 Å². The van der Waals surface area contributed by atoms with E-state index in [0.29, 0.717) is 0 Å². The molecule has 2 aromatic heterocycles. The summed E-state index contributed by atoms with van der Waals surface area (Å²) in [6.45, 7) is 3.44. The summed E-state index contributed by atoms with van der Waals surface area (Å²) < 4.78 is 0. The lowest BCUT2D eigenvalue weighted by molar-refractivity contribution is 1.33. The lowest BCUT2D eigenvalue weighted by Gasteiger charge is -1.80. The number of nitrogens with zero attached hydrogens (tertiary/aromatic N) is 2. The van der Waals surface area contributed by atoms with E-state index in [1.807, 2.05) is 6.07 Å². The normalized spacial score (nSPS) is 6.57. The van der Waals surface area contributed by atoms with Crippen LogP contribution in [0.4, 0.5) is 0 Å². The molecule has 0 aliphatic carbocycles. The number of pyridine rings is 1. The zero-order chi connectivity index (χ0) is 15.2. The Morgan fingerprint density at radius 3 is 1.95 bits per heavy atom. The van der Waals surface area contributed by atoms with Gasteiger partial charge in [-0.15, -0.1) is 0 Å². The highest BCUT2D eigenvalue weighted by Crippen LogP contribution is 2.03. The van der Waals surface area contributed by atoms with Crippen molar-refractivity contribution < 1.29 is 0 Å². The number of nitrogens with one attached hydrogen (secondary N) is 1. The van der Waals surface area contributed by atoms with Gasteiger partial charge in [-0.3, -0.25) is 4.98 Å². The number of H-pyrrole nitrogens is 1. The molecule has 0 aliphatic heterocycles. The number of hydrogen-bond donors (Lipinski definition) is 1. The molecule has 98 valence electrons. The SMILES string of the molecule is CC#CC#CC#CC#CC#CC.c1cc2nc[nH]c2cn1. The van der Waals surface area contributed by atoms with E-state index in [9.17, 15) is 0 Å². The second-order valence-electron chi connectivity index (χ2n) is 3.30. The van der Waals surface area contributed by atoms with Crippen molar-refractivity contribution in [3.63, 3.8) is 0 Å². The third kappa shape index (κ3) is 6.79. The smallest absolute Gasteiger partial charge is 0.0932 e. The molecule has 0 spiro atoms. The monoisotopic (exact) mass is 269 g/mol. The third-order valence-corrected chi connectivity index (χ3v) is 1.91. The predicted molar refractivity (Wildman–Crippen MR) is 84.1 cm³/mol. The molecule has 2 rings (SSSR count). The van der Waals surface area contributed by atoms with Crippen LogP contribution in [0.15, 0.2) is 24.8 Å². The van der Waals surface area contributed by atoms with Crippen molar-refractivity contribution in [2.45, 2.75) is 13.8 Å². The predicted octanol–water partition coefficient (Wildman–Crippen LogP) is 2.00. The summed E-state index contributed by atoms with van der Waals surface area (Å²) in [6.07, 6.45) is 5.14. The van der Waals surface area contributed by atoms with Crippen molar-refractivity contribution in [2.24, 2.45) is 0 Å². The average Bonchev–Trinajstić information content (AvgIpc) is 2.99. The molecule has 0 atom stereocenters. The Morgan fingerprint density at radius 2 is 1.43 bits per heavy atom. The molecule has 0 unspecified atom stereocenters. The molecule has 3 heteroatoms. The van der Waals surface area contributed by atoms with Gasteiger partial charge < -0.3 is 4.98 Å². The number of rotatable bonds is 0. The molecule has 0 saturated carbocycles. The molecule has 21 heavy (non-hydrogen) atoms. The maximum Gasteiger partial charge on any atom is 0.0932 e. The van der Waals surface area contributed by atoms with Crippen LogP contribution >= 0.6 is 0 Å². The van der Waals surface area contributed by atoms with Crippen molar-refractivity contribution in [3.8, 4) is 59.2 Å². The number of aromatic nitrogens is 3. The third-order valence-electron chi connectivity index (χ3n) is 1.91. The van der Waals surface area contributed by atoms with Gasteiger partial charge in [0.1, 0.15) is 0 Å². The fourth-order valence-electron chi connectivity index (χ4n) is 1.09. The van der Waals surface area contributed by atoms with Crippen LogP contribution in [-0.4, -0.2) is 15.0 Å². The van der Waals surface area contributed by atoms with Gasteiger partial charge in [-0.1, -0.05) is 11.8 Å². The Morgan fingerprint density at radius 1 is 0.857 bits per heavy atom. The largest absolute Gasteiger partial charge is 0.343 e. The summed E-state index contributed by atoms with van der Waals surface area (Å²) in [4.78, 5) is 10.9. The lowest BCUT2D eigenvalue weighted by atomic mass is 10.4. The van der Waals surface area contributed by atoms with Crippen LogP contribution in [0.1, 0.15) is 13.8 Å². The van der Waals surface area contributed by atoms with Crippen LogP contribution in [-0.2, 0) is 0 Å². The van der Waals surface area contributed by atoms with Crippen LogP contribution in [0.3, 0.4) is 0 Å². The van der Waals surface area contributed by atoms with E-state index >= 15 is 0 Å². The minimum Gasteiger partial charge on any atom is -0.343 e. The number of imidazole rings is 1. The second kappa shape index (κ2) is 10.4. The molecule has 1 N–H and O–H groups in total. The summed E-state index contributed by atoms with van der Waals surface area (Å²) in [5, 5.41) is 0. The van der Waals surface area contributed by atoms with E-state index in [0.717, 1.165) is 11.0 Å². The highest BCUT2D eigenvalue weighted by atomic mass is 14.9. The topological polar surface area (TPSA) is 41.6 Å². The Labute approximate surface area is 124 Å². The molecule has 0 bridgehead atoms. The van der Waals surface area contributed by atoms with Crippen LogP contribution < -0.4 is 0 Å². The number of hydrogen-bond acceptors (Lipinski definition) is 2. The molecular formula is C18H11N3. The summed E-state index contributed by atoms with van der Waals surface area (Å²) in [5.41, 5.74) is 1.95. The van der Waals surface area contributed by atoms with Gasteiger partial charge in [0.2, 0.25) is 0 Å². The minimum absolute atomic E-state index is 0.963. The van der Waals surface area contributed by atoms with E-state index < -0.39 is 0 Å². The molecule has 2 heterocycles. The summed E-state index contributed by atoms with van der Waals surface area (Å²) in [5.74, 6) is 25.6. The van der Waals surface area contributed by atoms with Gasteiger partial charge in [0.15, 0.2) is 0 Å². The van der Waals surface area contributed by atoms with Crippen LogP contribution in [0, 0.1) is 59.2 Å². The summed E-state index contributed by atoms with van der Waals surface area (Å²) in [6, 6.07) is 1.87. The van der Waals surface area contributed by atoms with Gasteiger partial charge in [-0.2, -0.15) is 0 Å². The van der Waals surface area contributed by atoms with Crippen molar-refractivity contribution in [1.82, 2.24) is 15.0 Å². The van der Waals surface area contributed by atoms with Crippen molar-refractivity contribution in [1.29, 1.82) is 0 Å². The lowest BCUT2D eigenvalue weighted by Crippen LogP contribution is -1.69. The molecule has 0 radical (unpaired) electrons. The van der Waals surface area contributed by atoms with Gasteiger partial charge in [-0.25, -0.2) is 4.98 Å². The van der Waals surface area contributed by atoms with Gasteiger partial charge in [0, 0.05) is 6.20 Å². The van der Waals surface area contributed by atoms with Gasteiger partial charge in [0.05, 0.1) is 23.6 Å². The fourth-order valence-corrected chi connectivity index (χ4v) is 1.09. The van der Waals surface area contributed by atoms with Crippen LogP contribution in [0.5, 0.6) is 0 Å².